The lowest BCUT2D eigenvalue weighted by atomic mass is 10.0. The first kappa shape index (κ1) is 25.1. The van der Waals surface area contributed by atoms with Crippen LogP contribution in [0.25, 0.3) is 0 Å². The largest absolute Gasteiger partial charge is 0.573 e. The van der Waals surface area contributed by atoms with Crippen molar-refractivity contribution in [2.75, 3.05) is 17.1 Å². The number of hydrogen-bond acceptors (Lipinski definition) is 6. The molecule has 0 saturated heterocycles. The maximum absolute atomic E-state index is 14.8. The van der Waals surface area contributed by atoms with Crippen LogP contribution in [0.3, 0.4) is 0 Å². The summed E-state index contributed by atoms with van der Waals surface area (Å²) in [5.41, 5.74) is 1.39. The lowest BCUT2D eigenvalue weighted by Crippen LogP contribution is -2.27. The average Bonchev–Trinajstić information content (AvgIpc) is 2.74. The van der Waals surface area contributed by atoms with E-state index in [1.807, 2.05) is 9.44 Å². The molecule has 8 nitrogen and oxygen atoms in total. The van der Waals surface area contributed by atoms with Crippen LogP contribution >= 0.6 is 0 Å². The Balaban J connectivity index is 1.84. The van der Waals surface area contributed by atoms with Gasteiger partial charge in [-0.1, -0.05) is 0 Å². The van der Waals surface area contributed by atoms with E-state index in [1.54, 1.807) is 6.92 Å². The van der Waals surface area contributed by atoms with Gasteiger partial charge in [0.25, 0.3) is 10.2 Å². The summed E-state index contributed by atoms with van der Waals surface area (Å²) in [7, 11) is -2.83. The fourth-order valence-corrected chi connectivity index (χ4v) is 3.39. The van der Waals surface area contributed by atoms with E-state index in [0.717, 1.165) is 19.2 Å². The van der Waals surface area contributed by atoms with Crippen LogP contribution in [0.4, 0.5) is 39.1 Å². The molecule has 1 aromatic carbocycles. The zero-order valence-electron chi connectivity index (χ0n) is 17.7. The van der Waals surface area contributed by atoms with E-state index in [-0.39, 0.29) is 17.7 Å². The molecule has 3 aromatic rings. The molecule has 0 fully saturated rings. The number of hydrogen-bond donors (Lipinski definition) is 3. The van der Waals surface area contributed by atoms with E-state index in [2.05, 4.69) is 20.0 Å². The molecule has 3 N–H and O–H groups in total. The Morgan fingerprint density at radius 3 is 2.44 bits per heavy atom. The second-order valence-corrected chi connectivity index (χ2v) is 8.52. The van der Waals surface area contributed by atoms with Gasteiger partial charge in [-0.2, -0.15) is 8.42 Å². The van der Waals surface area contributed by atoms with Gasteiger partial charge in [-0.15, -0.1) is 13.2 Å². The van der Waals surface area contributed by atoms with E-state index in [4.69, 9.17) is 0 Å². The van der Waals surface area contributed by atoms with Crippen molar-refractivity contribution < 1.29 is 35.1 Å². The molecular weight excluding hydrogens is 485 g/mol. The Hall–Kier alpha value is -3.52. The van der Waals surface area contributed by atoms with E-state index in [1.165, 1.54) is 24.7 Å². The van der Waals surface area contributed by atoms with E-state index in [9.17, 15) is 30.4 Å². The number of anilines is 3. The van der Waals surface area contributed by atoms with Gasteiger partial charge in [0.2, 0.25) is 0 Å². The second-order valence-electron chi connectivity index (χ2n) is 6.90. The predicted octanol–water partition coefficient (Wildman–Crippen LogP) is 4.17. The monoisotopic (exact) mass is 503 g/mol. The van der Waals surface area contributed by atoms with E-state index in [0.29, 0.717) is 22.9 Å². The number of aromatic nitrogens is 2. The van der Waals surface area contributed by atoms with Gasteiger partial charge >= 0.3 is 6.36 Å². The number of benzene rings is 1. The van der Waals surface area contributed by atoms with Gasteiger partial charge in [0.15, 0.2) is 11.6 Å². The van der Waals surface area contributed by atoms with Gasteiger partial charge in [-0.25, -0.2) is 18.5 Å². The third-order valence-corrected chi connectivity index (χ3v) is 5.61. The highest BCUT2D eigenvalue weighted by Crippen LogP contribution is 2.30. The van der Waals surface area contributed by atoms with Crippen LogP contribution in [0.5, 0.6) is 5.75 Å². The molecule has 0 amide bonds. The molecule has 3 rings (SSSR count). The zero-order chi connectivity index (χ0) is 25.1. The molecule has 0 atom stereocenters. The lowest BCUT2D eigenvalue weighted by molar-refractivity contribution is -0.274. The number of alkyl halides is 3. The third-order valence-electron chi connectivity index (χ3n) is 4.61. The molecule has 0 spiro atoms. The van der Waals surface area contributed by atoms with Crippen molar-refractivity contribution in [3.63, 3.8) is 0 Å². The first-order valence-corrected chi connectivity index (χ1v) is 11.0. The molecule has 2 heterocycles. The van der Waals surface area contributed by atoms with Crippen LogP contribution in [-0.4, -0.2) is 31.8 Å². The molecule has 34 heavy (non-hydrogen) atoms. The molecule has 0 unspecified atom stereocenters. The summed E-state index contributed by atoms with van der Waals surface area (Å²) in [4.78, 5) is 7.73. The Bertz CT molecular complexity index is 1300. The van der Waals surface area contributed by atoms with Gasteiger partial charge in [-0.3, -0.25) is 9.71 Å². The summed E-state index contributed by atoms with van der Waals surface area (Å²) in [6.45, 7) is 1.65. The second kappa shape index (κ2) is 9.77. The summed E-state index contributed by atoms with van der Waals surface area (Å²) in [6.07, 6.45) is -0.901. The van der Waals surface area contributed by atoms with Crippen LogP contribution < -0.4 is 19.5 Å². The predicted molar refractivity (Wildman–Crippen MR) is 114 cm³/mol. The minimum Gasteiger partial charge on any atom is -0.406 e. The quantitative estimate of drug-likeness (QED) is 0.399. The molecule has 2 aromatic heterocycles. The fourth-order valence-electron chi connectivity index (χ4n) is 2.89. The molecule has 0 saturated carbocycles. The number of ether oxygens (including phenoxy) is 1. The lowest BCUT2D eigenvalue weighted by Gasteiger charge is -2.15. The molecule has 182 valence electrons. The van der Waals surface area contributed by atoms with Crippen LogP contribution in [0.2, 0.25) is 0 Å². The van der Waals surface area contributed by atoms with Crippen molar-refractivity contribution in [3.8, 4) is 5.75 Å². The Kier molecular flexibility index (Phi) is 7.21. The molecule has 0 bridgehead atoms. The molecule has 0 aliphatic rings. The summed E-state index contributed by atoms with van der Waals surface area (Å²) >= 11 is 0. The average molecular weight is 503 g/mol. The van der Waals surface area contributed by atoms with Crippen molar-refractivity contribution >= 4 is 27.4 Å². The molecular formula is C20H18F5N5O3S. The molecule has 0 aliphatic heterocycles. The van der Waals surface area contributed by atoms with Crippen molar-refractivity contribution in [1.82, 2.24) is 14.7 Å². The standard InChI is InChI=1S/C20H18F5N5O3S/c1-11-13(7-12-5-6-28-19(18(12)22)30-34(31,32)26-2)9-27-10-17(11)29-16-4-3-14(8-15(16)21)33-20(23,24)25/h3-6,8-10,26,29H,7H2,1-2H3,(H,28,30). The van der Waals surface area contributed by atoms with Crippen LogP contribution in [0.15, 0.2) is 42.9 Å². The first-order chi connectivity index (χ1) is 15.9. The van der Waals surface area contributed by atoms with Crippen LogP contribution in [-0.2, 0) is 16.6 Å². The van der Waals surface area contributed by atoms with Gasteiger partial charge in [0.05, 0.1) is 17.6 Å². The normalized spacial score (nSPS) is 11.9. The summed E-state index contributed by atoms with van der Waals surface area (Å²) in [6, 6.07) is 3.98. The van der Waals surface area contributed by atoms with E-state index >= 15 is 0 Å². The number of rotatable bonds is 8. The van der Waals surface area contributed by atoms with Gasteiger partial charge < -0.3 is 10.1 Å². The number of nitrogens with one attached hydrogen (secondary N) is 3. The van der Waals surface area contributed by atoms with Crippen molar-refractivity contribution in [2.24, 2.45) is 0 Å². The highest BCUT2D eigenvalue weighted by Gasteiger charge is 2.31. The smallest absolute Gasteiger partial charge is 0.406 e. The van der Waals surface area contributed by atoms with Crippen molar-refractivity contribution in [3.05, 3.63) is 71.2 Å². The maximum Gasteiger partial charge on any atom is 0.573 e. The number of halogens is 5. The van der Waals surface area contributed by atoms with Crippen molar-refractivity contribution in [2.45, 2.75) is 19.7 Å². The third kappa shape index (κ3) is 6.29. The van der Waals surface area contributed by atoms with Gasteiger partial charge in [0, 0.05) is 31.9 Å². The highest BCUT2D eigenvalue weighted by atomic mass is 32.2. The summed E-state index contributed by atoms with van der Waals surface area (Å²) in [5, 5.41) is 2.74. The Morgan fingerprint density at radius 1 is 1.06 bits per heavy atom. The minimum atomic E-state index is -4.95. The SMILES string of the molecule is CNS(=O)(=O)Nc1nccc(Cc2cncc(Nc3ccc(OC(F)(F)F)cc3F)c2C)c1F. The summed E-state index contributed by atoms with van der Waals surface area (Å²) < 4.78 is 97.0. The van der Waals surface area contributed by atoms with Gasteiger partial charge in [0.1, 0.15) is 11.6 Å². The van der Waals surface area contributed by atoms with E-state index < -0.39 is 39.8 Å². The number of pyridine rings is 2. The topological polar surface area (TPSA) is 105 Å². The fraction of sp³-hybridized carbons (Fsp3) is 0.200. The highest BCUT2D eigenvalue weighted by molar-refractivity contribution is 7.90. The Labute approximate surface area is 191 Å². The molecule has 0 radical (unpaired) electrons. The van der Waals surface area contributed by atoms with Crippen LogP contribution in [0.1, 0.15) is 16.7 Å². The maximum atomic E-state index is 14.8. The van der Waals surface area contributed by atoms with Gasteiger partial charge in [-0.05, 0) is 41.8 Å². The zero-order valence-corrected chi connectivity index (χ0v) is 18.5. The Morgan fingerprint density at radius 2 is 1.79 bits per heavy atom. The molecule has 0 aliphatic carbocycles. The van der Waals surface area contributed by atoms with Crippen LogP contribution in [0, 0.1) is 18.6 Å². The van der Waals surface area contributed by atoms with Crippen molar-refractivity contribution in [1.29, 1.82) is 0 Å². The molecule has 14 heteroatoms. The minimum absolute atomic E-state index is 0.00215. The summed E-state index contributed by atoms with van der Waals surface area (Å²) in [5.74, 6) is -3.08. The number of nitrogens with zero attached hydrogens (tertiary/aromatic N) is 2. The first-order valence-electron chi connectivity index (χ1n) is 9.49.